The summed E-state index contributed by atoms with van der Waals surface area (Å²) in [7, 11) is 0. The van der Waals surface area contributed by atoms with Crippen LogP contribution in [0.5, 0.6) is 5.75 Å². The fourth-order valence-corrected chi connectivity index (χ4v) is 2.12. The van der Waals surface area contributed by atoms with Crippen LogP contribution in [0.4, 0.5) is 0 Å². The van der Waals surface area contributed by atoms with E-state index in [9.17, 15) is 5.11 Å². The lowest BCUT2D eigenvalue weighted by Crippen LogP contribution is -2.14. The molecule has 1 unspecified atom stereocenters. The van der Waals surface area contributed by atoms with E-state index in [2.05, 4.69) is 0 Å². The molecule has 0 saturated heterocycles. The third-order valence-corrected chi connectivity index (χ3v) is 3.31. The van der Waals surface area contributed by atoms with Crippen LogP contribution in [0.3, 0.4) is 0 Å². The predicted molar refractivity (Wildman–Crippen MR) is 78.0 cm³/mol. The highest BCUT2D eigenvalue weighted by atomic mass is 35.5. The van der Waals surface area contributed by atoms with Gasteiger partial charge in [0.25, 0.3) is 0 Å². The monoisotopic (exact) mass is 276 g/mol. The van der Waals surface area contributed by atoms with Gasteiger partial charge in [-0.2, -0.15) is 0 Å². The van der Waals surface area contributed by atoms with E-state index in [1.807, 2.05) is 55.5 Å². The van der Waals surface area contributed by atoms with Crippen molar-refractivity contribution in [2.75, 3.05) is 13.2 Å². The summed E-state index contributed by atoms with van der Waals surface area (Å²) in [5, 5.41) is 10.2. The molecule has 2 aromatic rings. The Morgan fingerprint density at radius 2 is 1.95 bits per heavy atom. The second kappa shape index (κ2) is 6.60. The molecule has 2 rings (SSSR count). The van der Waals surface area contributed by atoms with Crippen LogP contribution in [-0.2, 0) is 0 Å². The molecule has 100 valence electrons. The first kappa shape index (κ1) is 13.9. The molecule has 2 nitrogen and oxygen atoms in total. The third kappa shape index (κ3) is 3.72. The van der Waals surface area contributed by atoms with Crippen LogP contribution in [0.1, 0.15) is 17.0 Å². The smallest absolute Gasteiger partial charge is 0.122 e. The number of aryl methyl sites for hydroxylation is 1. The second-order valence-corrected chi connectivity index (χ2v) is 4.95. The number of ether oxygens (including phenoxy) is 1. The standard InChI is InChI=1S/C16H17ClO2/c1-12-5-2-3-8-16(12)19-11-14(10-18)13-6-4-7-15(17)9-13/h2-9,14,18H,10-11H2,1H3. The highest BCUT2D eigenvalue weighted by Gasteiger charge is 2.12. The predicted octanol–water partition coefficient (Wildman–Crippen LogP) is 3.80. The zero-order valence-electron chi connectivity index (χ0n) is 10.8. The number of aliphatic hydroxyl groups excluding tert-OH is 1. The molecule has 0 aliphatic rings. The molecule has 19 heavy (non-hydrogen) atoms. The molecule has 1 N–H and O–H groups in total. The van der Waals surface area contributed by atoms with E-state index in [1.54, 1.807) is 0 Å². The molecular formula is C16H17ClO2. The average Bonchev–Trinajstić information content (AvgIpc) is 2.41. The van der Waals surface area contributed by atoms with Crippen molar-refractivity contribution < 1.29 is 9.84 Å². The number of para-hydroxylation sites is 1. The zero-order valence-corrected chi connectivity index (χ0v) is 11.6. The number of hydrogen-bond donors (Lipinski definition) is 1. The maximum Gasteiger partial charge on any atom is 0.122 e. The van der Waals surface area contributed by atoms with Gasteiger partial charge in [-0.05, 0) is 36.2 Å². The van der Waals surface area contributed by atoms with Crippen LogP contribution < -0.4 is 4.74 Å². The summed E-state index contributed by atoms with van der Waals surface area (Å²) in [6.45, 7) is 2.47. The van der Waals surface area contributed by atoms with Crippen molar-refractivity contribution in [1.82, 2.24) is 0 Å². The molecule has 0 aliphatic heterocycles. The molecule has 1 atom stereocenters. The summed E-state index contributed by atoms with van der Waals surface area (Å²) in [4.78, 5) is 0. The Bertz CT molecular complexity index is 540. The summed E-state index contributed by atoms with van der Waals surface area (Å²) < 4.78 is 5.78. The van der Waals surface area contributed by atoms with Gasteiger partial charge in [-0.3, -0.25) is 0 Å². The molecule has 0 amide bonds. The van der Waals surface area contributed by atoms with Crippen molar-refractivity contribution >= 4 is 11.6 Å². The van der Waals surface area contributed by atoms with Crippen LogP contribution in [-0.4, -0.2) is 18.3 Å². The van der Waals surface area contributed by atoms with E-state index in [0.29, 0.717) is 11.6 Å². The Morgan fingerprint density at radius 3 is 2.63 bits per heavy atom. The van der Waals surface area contributed by atoms with Gasteiger partial charge in [0.1, 0.15) is 5.75 Å². The molecule has 0 saturated carbocycles. The SMILES string of the molecule is Cc1ccccc1OCC(CO)c1cccc(Cl)c1. The van der Waals surface area contributed by atoms with Gasteiger partial charge in [0.2, 0.25) is 0 Å². The first-order chi connectivity index (χ1) is 9.20. The maximum absolute atomic E-state index is 9.49. The Balaban J connectivity index is 2.06. The van der Waals surface area contributed by atoms with Gasteiger partial charge in [-0.15, -0.1) is 0 Å². The summed E-state index contributed by atoms with van der Waals surface area (Å²) >= 11 is 5.97. The minimum atomic E-state index is -0.0710. The summed E-state index contributed by atoms with van der Waals surface area (Å²) in [5.41, 5.74) is 2.08. The second-order valence-electron chi connectivity index (χ2n) is 4.51. The van der Waals surface area contributed by atoms with Crippen LogP contribution in [0, 0.1) is 6.92 Å². The largest absolute Gasteiger partial charge is 0.493 e. The summed E-state index contributed by atoms with van der Waals surface area (Å²) in [6, 6.07) is 15.4. The van der Waals surface area contributed by atoms with Crippen molar-refractivity contribution in [2.24, 2.45) is 0 Å². The number of hydrogen-bond acceptors (Lipinski definition) is 2. The molecule has 0 radical (unpaired) electrons. The van der Waals surface area contributed by atoms with Crippen LogP contribution in [0.15, 0.2) is 48.5 Å². The molecule has 0 aliphatic carbocycles. The van der Waals surface area contributed by atoms with Crippen molar-refractivity contribution in [3.05, 3.63) is 64.7 Å². The van der Waals surface area contributed by atoms with E-state index < -0.39 is 0 Å². The van der Waals surface area contributed by atoms with Gasteiger partial charge in [0, 0.05) is 10.9 Å². The van der Waals surface area contributed by atoms with E-state index >= 15 is 0 Å². The quantitative estimate of drug-likeness (QED) is 0.900. The van der Waals surface area contributed by atoms with Gasteiger partial charge < -0.3 is 9.84 Å². The van der Waals surface area contributed by atoms with E-state index in [1.165, 1.54) is 0 Å². The number of benzene rings is 2. The van der Waals surface area contributed by atoms with Gasteiger partial charge in [0.15, 0.2) is 0 Å². The Labute approximate surface area is 118 Å². The molecule has 0 bridgehead atoms. The summed E-state index contributed by atoms with van der Waals surface area (Å²) in [6.07, 6.45) is 0. The fraction of sp³-hybridized carbons (Fsp3) is 0.250. The first-order valence-corrected chi connectivity index (χ1v) is 6.63. The Morgan fingerprint density at radius 1 is 1.16 bits per heavy atom. The fourth-order valence-electron chi connectivity index (χ4n) is 1.92. The minimum absolute atomic E-state index is 0.0340. The highest BCUT2D eigenvalue weighted by Crippen LogP contribution is 2.22. The average molecular weight is 277 g/mol. The highest BCUT2D eigenvalue weighted by molar-refractivity contribution is 6.30. The lowest BCUT2D eigenvalue weighted by Gasteiger charge is -2.17. The number of aliphatic hydroxyl groups is 1. The van der Waals surface area contributed by atoms with E-state index in [4.69, 9.17) is 16.3 Å². The lowest BCUT2D eigenvalue weighted by molar-refractivity contribution is 0.204. The summed E-state index contributed by atoms with van der Waals surface area (Å²) in [5.74, 6) is 0.779. The van der Waals surface area contributed by atoms with Crippen molar-refractivity contribution in [3.8, 4) is 5.75 Å². The lowest BCUT2D eigenvalue weighted by atomic mass is 10.0. The topological polar surface area (TPSA) is 29.5 Å². The van der Waals surface area contributed by atoms with Crippen LogP contribution in [0.25, 0.3) is 0 Å². The first-order valence-electron chi connectivity index (χ1n) is 6.25. The maximum atomic E-state index is 9.49. The Hall–Kier alpha value is -1.51. The normalized spacial score (nSPS) is 12.2. The molecule has 0 aromatic heterocycles. The minimum Gasteiger partial charge on any atom is -0.493 e. The van der Waals surface area contributed by atoms with Crippen LogP contribution >= 0.6 is 11.6 Å². The Kier molecular flexibility index (Phi) is 4.83. The molecule has 3 heteroatoms. The molecule has 0 heterocycles. The molecule has 2 aromatic carbocycles. The van der Waals surface area contributed by atoms with Crippen molar-refractivity contribution in [2.45, 2.75) is 12.8 Å². The number of halogens is 1. The molecular weight excluding hydrogens is 260 g/mol. The van der Waals surface area contributed by atoms with Crippen molar-refractivity contribution in [3.63, 3.8) is 0 Å². The van der Waals surface area contributed by atoms with E-state index in [-0.39, 0.29) is 12.5 Å². The molecule has 0 fully saturated rings. The number of rotatable bonds is 5. The molecule has 0 spiro atoms. The van der Waals surface area contributed by atoms with Gasteiger partial charge in [0.05, 0.1) is 13.2 Å². The van der Waals surface area contributed by atoms with E-state index in [0.717, 1.165) is 16.9 Å². The van der Waals surface area contributed by atoms with Gasteiger partial charge in [-0.25, -0.2) is 0 Å². The van der Waals surface area contributed by atoms with Crippen molar-refractivity contribution in [1.29, 1.82) is 0 Å². The van der Waals surface area contributed by atoms with Crippen LogP contribution in [0.2, 0.25) is 5.02 Å². The zero-order chi connectivity index (χ0) is 13.7. The van der Waals surface area contributed by atoms with Gasteiger partial charge in [-0.1, -0.05) is 41.9 Å². The van der Waals surface area contributed by atoms with Gasteiger partial charge >= 0.3 is 0 Å². The third-order valence-electron chi connectivity index (χ3n) is 3.07.